The first-order valence-electron chi connectivity index (χ1n) is 10.2. The molecular formula is C24H25N3O3S. The summed E-state index contributed by atoms with van der Waals surface area (Å²) in [4.78, 5) is 28.1. The Kier molecular flexibility index (Phi) is 6.34. The van der Waals surface area contributed by atoms with E-state index in [2.05, 4.69) is 27.7 Å². The summed E-state index contributed by atoms with van der Waals surface area (Å²) in [7, 11) is 1.59. The second-order valence-electron chi connectivity index (χ2n) is 7.31. The van der Waals surface area contributed by atoms with Gasteiger partial charge in [0, 0.05) is 37.0 Å². The first-order chi connectivity index (χ1) is 15.1. The molecule has 1 fully saturated rings. The summed E-state index contributed by atoms with van der Waals surface area (Å²) in [6, 6.07) is 17.4. The minimum atomic E-state index is -0.182. The van der Waals surface area contributed by atoms with Crippen LogP contribution in [0.25, 0.3) is 11.1 Å². The third kappa shape index (κ3) is 4.47. The monoisotopic (exact) mass is 435 g/mol. The summed E-state index contributed by atoms with van der Waals surface area (Å²) in [6.07, 6.45) is 0. The molecule has 0 spiro atoms. The molecule has 6 nitrogen and oxygen atoms in total. The van der Waals surface area contributed by atoms with Gasteiger partial charge < -0.3 is 20.3 Å². The molecule has 0 bridgehead atoms. The molecule has 0 aliphatic carbocycles. The van der Waals surface area contributed by atoms with E-state index in [1.807, 2.05) is 37.3 Å². The van der Waals surface area contributed by atoms with Crippen LogP contribution in [0.1, 0.15) is 25.6 Å². The van der Waals surface area contributed by atoms with Gasteiger partial charge in [0.1, 0.15) is 0 Å². The predicted octanol–water partition coefficient (Wildman–Crippen LogP) is 4.17. The lowest BCUT2D eigenvalue weighted by Gasteiger charge is -2.28. The Labute approximate surface area is 185 Å². The first-order valence-corrected chi connectivity index (χ1v) is 11.0. The van der Waals surface area contributed by atoms with Crippen molar-refractivity contribution in [2.75, 3.05) is 43.6 Å². The Hall–Kier alpha value is -3.16. The van der Waals surface area contributed by atoms with Crippen LogP contribution in [-0.4, -0.2) is 45.2 Å². The van der Waals surface area contributed by atoms with Crippen molar-refractivity contribution in [3.63, 3.8) is 0 Å². The van der Waals surface area contributed by atoms with Crippen molar-refractivity contribution >= 4 is 33.8 Å². The van der Waals surface area contributed by atoms with Crippen LogP contribution in [0.2, 0.25) is 0 Å². The number of hydrogen-bond donors (Lipinski definition) is 2. The van der Waals surface area contributed by atoms with Gasteiger partial charge in [0.05, 0.1) is 23.1 Å². The van der Waals surface area contributed by atoms with Gasteiger partial charge >= 0.3 is 0 Å². The molecule has 3 aromatic rings. The Morgan fingerprint density at radius 2 is 1.74 bits per heavy atom. The Balaban J connectivity index is 1.66. The molecule has 1 aromatic heterocycles. The van der Waals surface area contributed by atoms with Crippen molar-refractivity contribution in [2.24, 2.45) is 0 Å². The largest absolute Gasteiger partial charge is 0.378 e. The van der Waals surface area contributed by atoms with Gasteiger partial charge in [-0.15, -0.1) is 11.3 Å². The molecule has 2 heterocycles. The van der Waals surface area contributed by atoms with Gasteiger partial charge in [0.25, 0.3) is 11.8 Å². The Morgan fingerprint density at radius 3 is 2.45 bits per heavy atom. The zero-order chi connectivity index (χ0) is 21.8. The number of nitrogens with one attached hydrogen (secondary N) is 2. The summed E-state index contributed by atoms with van der Waals surface area (Å²) in [5.74, 6) is -0.357. The van der Waals surface area contributed by atoms with Gasteiger partial charge in [-0.25, -0.2) is 0 Å². The van der Waals surface area contributed by atoms with Gasteiger partial charge in [-0.3, -0.25) is 9.59 Å². The Morgan fingerprint density at radius 1 is 1.00 bits per heavy atom. The van der Waals surface area contributed by atoms with Gasteiger partial charge in [-0.1, -0.05) is 36.4 Å². The number of anilines is 2. The third-order valence-corrected chi connectivity index (χ3v) is 6.57. The molecule has 31 heavy (non-hydrogen) atoms. The lowest BCUT2D eigenvalue weighted by Crippen LogP contribution is -2.35. The molecule has 4 rings (SSSR count). The van der Waals surface area contributed by atoms with Crippen LogP contribution in [0.5, 0.6) is 0 Å². The van der Waals surface area contributed by atoms with E-state index in [-0.39, 0.29) is 11.8 Å². The van der Waals surface area contributed by atoms with Crippen molar-refractivity contribution < 1.29 is 14.3 Å². The van der Waals surface area contributed by atoms with E-state index < -0.39 is 0 Å². The van der Waals surface area contributed by atoms with Crippen molar-refractivity contribution in [3.05, 3.63) is 70.6 Å². The summed E-state index contributed by atoms with van der Waals surface area (Å²) in [5, 5.41) is 6.70. The molecule has 0 radical (unpaired) electrons. The number of nitrogens with zero attached hydrogens (tertiary/aromatic N) is 1. The van der Waals surface area contributed by atoms with Crippen LogP contribution in [0.3, 0.4) is 0 Å². The maximum Gasteiger partial charge on any atom is 0.265 e. The molecule has 0 saturated carbocycles. The highest BCUT2D eigenvalue weighted by Crippen LogP contribution is 2.39. The fourth-order valence-corrected chi connectivity index (χ4v) is 4.78. The molecule has 0 unspecified atom stereocenters. The highest BCUT2D eigenvalue weighted by Gasteiger charge is 2.22. The summed E-state index contributed by atoms with van der Waals surface area (Å²) >= 11 is 1.49. The van der Waals surface area contributed by atoms with E-state index in [9.17, 15) is 9.59 Å². The third-order valence-electron chi connectivity index (χ3n) is 5.37. The zero-order valence-electron chi connectivity index (χ0n) is 17.6. The Bertz CT molecular complexity index is 1090. The standard InChI is InChI=1S/C24H25N3O3S/c1-16-18(22(28)25-2)9-6-10-20(16)26-23(29)21-15-19(17-7-4-3-5-8-17)24(31-21)27-11-13-30-14-12-27/h3-10,15H,11-14H2,1-2H3,(H,25,28)(H,26,29). The number of carbonyl (C=O) groups excluding carboxylic acids is 2. The number of hydrogen-bond acceptors (Lipinski definition) is 5. The molecule has 1 aliphatic rings. The highest BCUT2D eigenvalue weighted by molar-refractivity contribution is 7.18. The molecular weight excluding hydrogens is 410 g/mol. The summed E-state index contributed by atoms with van der Waals surface area (Å²) in [6.45, 7) is 4.80. The topological polar surface area (TPSA) is 70.7 Å². The number of benzene rings is 2. The van der Waals surface area contributed by atoms with Gasteiger partial charge in [0.15, 0.2) is 0 Å². The SMILES string of the molecule is CNC(=O)c1cccc(NC(=O)c2cc(-c3ccccc3)c(N3CCOCC3)s2)c1C. The zero-order valence-corrected chi connectivity index (χ0v) is 18.4. The summed E-state index contributed by atoms with van der Waals surface area (Å²) < 4.78 is 5.50. The van der Waals surface area contributed by atoms with Crippen molar-refractivity contribution in [2.45, 2.75) is 6.92 Å². The van der Waals surface area contributed by atoms with Crippen LogP contribution >= 0.6 is 11.3 Å². The number of carbonyl (C=O) groups is 2. The van der Waals surface area contributed by atoms with Gasteiger partial charge in [-0.05, 0) is 36.2 Å². The highest BCUT2D eigenvalue weighted by atomic mass is 32.1. The van der Waals surface area contributed by atoms with E-state index in [4.69, 9.17) is 4.74 Å². The van der Waals surface area contributed by atoms with Crippen LogP contribution in [0.15, 0.2) is 54.6 Å². The van der Waals surface area contributed by atoms with Crippen molar-refractivity contribution in [1.82, 2.24) is 5.32 Å². The summed E-state index contributed by atoms with van der Waals surface area (Å²) in [5.41, 5.74) is 4.05. The van der Waals surface area contributed by atoms with E-state index in [1.54, 1.807) is 19.2 Å². The van der Waals surface area contributed by atoms with Crippen LogP contribution in [0.4, 0.5) is 10.7 Å². The minimum absolute atomic E-state index is 0.175. The van der Waals surface area contributed by atoms with Crippen LogP contribution in [0, 0.1) is 6.92 Å². The predicted molar refractivity (Wildman–Crippen MR) is 125 cm³/mol. The first kappa shape index (κ1) is 21.1. The van der Waals surface area contributed by atoms with Crippen LogP contribution in [-0.2, 0) is 4.74 Å². The number of morpholine rings is 1. The van der Waals surface area contributed by atoms with Crippen LogP contribution < -0.4 is 15.5 Å². The lowest BCUT2D eigenvalue weighted by molar-refractivity contribution is 0.0961. The smallest absolute Gasteiger partial charge is 0.265 e. The number of rotatable bonds is 5. The molecule has 7 heteroatoms. The number of thiophene rings is 1. The molecule has 160 valence electrons. The fourth-order valence-electron chi connectivity index (χ4n) is 3.65. The normalized spacial score (nSPS) is 13.7. The minimum Gasteiger partial charge on any atom is -0.378 e. The maximum atomic E-state index is 13.2. The second-order valence-corrected chi connectivity index (χ2v) is 8.34. The molecule has 2 amide bonds. The molecule has 0 atom stereocenters. The number of ether oxygens (including phenoxy) is 1. The lowest BCUT2D eigenvalue weighted by atomic mass is 10.1. The van der Waals surface area contributed by atoms with Gasteiger partial charge in [-0.2, -0.15) is 0 Å². The van der Waals surface area contributed by atoms with E-state index in [0.717, 1.165) is 34.8 Å². The fraction of sp³-hybridized carbons (Fsp3) is 0.250. The molecule has 1 aliphatic heterocycles. The quantitative estimate of drug-likeness (QED) is 0.631. The van der Waals surface area contributed by atoms with E-state index in [1.165, 1.54) is 11.3 Å². The average molecular weight is 436 g/mol. The maximum absolute atomic E-state index is 13.2. The van der Waals surface area contributed by atoms with Crippen molar-refractivity contribution in [3.8, 4) is 11.1 Å². The molecule has 2 N–H and O–H groups in total. The molecule has 1 saturated heterocycles. The average Bonchev–Trinajstić information content (AvgIpc) is 3.27. The van der Waals surface area contributed by atoms with E-state index in [0.29, 0.717) is 29.3 Å². The second kappa shape index (κ2) is 9.32. The van der Waals surface area contributed by atoms with E-state index >= 15 is 0 Å². The van der Waals surface area contributed by atoms with Gasteiger partial charge in [0.2, 0.25) is 0 Å². The molecule has 2 aromatic carbocycles. The number of amides is 2. The van der Waals surface area contributed by atoms with Crippen molar-refractivity contribution in [1.29, 1.82) is 0 Å².